The number of carbonyl (C=O) groups excluding carboxylic acids is 2. The highest BCUT2D eigenvalue weighted by atomic mass is 32.1. The summed E-state index contributed by atoms with van der Waals surface area (Å²) in [5.74, 6) is 1.17. The minimum atomic E-state index is -0.308. The molecule has 1 fully saturated rings. The number of likely N-dealkylation sites (tertiary alicyclic amines) is 1. The second-order valence-electron chi connectivity index (χ2n) is 7.15. The second-order valence-corrected chi connectivity index (χ2v) is 8.16. The molecule has 9 nitrogen and oxygen atoms in total. The van der Waals surface area contributed by atoms with E-state index in [2.05, 4.69) is 20.8 Å². The van der Waals surface area contributed by atoms with Gasteiger partial charge in [-0.15, -0.1) is 10.2 Å². The molecular formula is C21H23N5O4S. The molecule has 1 aromatic carbocycles. The quantitative estimate of drug-likeness (QED) is 0.606. The van der Waals surface area contributed by atoms with Gasteiger partial charge in [-0.3, -0.25) is 4.79 Å². The number of nitrogens with zero attached hydrogens (tertiary/aromatic N) is 3. The number of furan rings is 1. The van der Waals surface area contributed by atoms with Crippen LogP contribution in [0.1, 0.15) is 39.3 Å². The van der Waals surface area contributed by atoms with Crippen LogP contribution in [0.25, 0.3) is 0 Å². The van der Waals surface area contributed by atoms with Crippen molar-refractivity contribution in [3.63, 3.8) is 0 Å². The zero-order chi connectivity index (χ0) is 21.6. The molecule has 0 bridgehead atoms. The molecule has 0 unspecified atom stereocenters. The minimum absolute atomic E-state index is 0.0585. The van der Waals surface area contributed by atoms with Crippen LogP contribution in [-0.4, -0.2) is 47.2 Å². The number of benzene rings is 1. The van der Waals surface area contributed by atoms with Crippen molar-refractivity contribution in [2.75, 3.05) is 25.5 Å². The highest BCUT2D eigenvalue weighted by molar-refractivity contribution is 7.13. The van der Waals surface area contributed by atoms with Crippen LogP contribution in [0.4, 0.5) is 10.5 Å². The lowest BCUT2D eigenvalue weighted by molar-refractivity contribution is 0.102. The van der Waals surface area contributed by atoms with Gasteiger partial charge in [-0.25, -0.2) is 4.79 Å². The third-order valence-electron chi connectivity index (χ3n) is 5.03. The van der Waals surface area contributed by atoms with E-state index >= 15 is 0 Å². The van der Waals surface area contributed by atoms with Crippen LogP contribution in [0.5, 0.6) is 5.75 Å². The lowest BCUT2D eigenvalue weighted by Gasteiger charge is -2.31. The Morgan fingerprint density at radius 1 is 1.26 bits per heavy atom. The van der Waals surface area contributed by atoms with Crippen molar-refractivity contribution in [2.24, 2.45) is 0 Å². The van der Waals surface area contributed by atoms with Gasteiger partial charge in [0.05, 0.1) is 19.9 Å². The van der Waals surface area contributed by atoms with Crippen molar-refractivity contribution in [2.45, 2.75) is 25.3 Å². The van der Waals surface area contributed by atoms with Crippen molar-refractivity contribution in [1.29, 1.82) is 0 Å². The molecule has 0 aliphatic carbocycles. The molecule has 3 heterocycles. The number of aromatic nitrogens is 2. The average Bonchev–Trinajstić information content (AvgIpc) is 3.50. The van der Waals surface area contributed by atoms with Gasteiger partial charge in [0.1, 0.15) is 16.5 Å². The predicted octanol–water partition coefficient (Wildman–Crippen LogP) is 3.48. The molecule has 1 aliphatic heterocycles. The van der Waals surface area contributed by atoms with E-state index in [-0.39, 0.29) is 17.9 Å². The smallest absolute Gasteiger partial charge is 0.317 e. The summed E-state index contributed by atoms with van der Waals surface area (Å²) in [5.41, 5.74) is 0.652. The van der Waals surface area contributed by atoms with Gasteiger partial charge >= 0.3 is 6.03 Å². The lowest BCUT2D eigenvalue weighted by Crippen LogP contribution is -2.44. The summed E-state index contributed by atoms with van der Waals surface area (Å²) in [6.45, 7) is 1.57. The molecule has 1 aliphatic rings. The molecule has 0 saturated carbocycles. The normalized spacial score (nSPS) is 16.0. The van der Waals surface area contributed by atoms with Crippen molar-refractivity contribution in [3.05, 3.63) is 58.4 Å². The van der Waals surface area contributed by atoms with E-state index in [1.165, 1.54) is 11.3 Å². The van der Waals surface area contributed by atoms with Crippen molar-refractivity contribution >= 4 is 29.0 Å². The fourth-order valence-corrected chi connectivity index (χ4v) is 4.27. The molecule has 0 radical (unpaired) electrons. The Morgan fingerprint density at radius 2 is 2.10 bits per heavy atom. The summed E-state index contributed by atoms with van der Waals surface area (Å²) in [7, 11) is 1.59. The van der Waals surface area contributed by atoms with Gasteiger partial charge in [0.25, 0.3) is 5.91 Å². The molecule has 162 valence electrons. The SMILES string of the molecule is COc1ccc(NC(=O)c2nnc([C@H]3CCCN(C(=O)NCc4ccco4)C3)s2)cc1. The second kappa shape index (κ2) is 9.61. The van der Waals surface area contributed by atoms with E-state index in [1.54, 1.807) is 48.6 Å². The third-order valence-corrected chi connectivity index (χ3v) is 6.12. The average molecular weight is 442 g/mol. The van der Waals surface area contributed by atoms with Gasteiger partial charge in [-0.1, -0.05) is 11.3 Å². The number of amides is 3. The van der Waals surface area contributed by atoms with E-state index in [1.807, 2.05) is 6.07 Å². The molecule has 1 saturated heterocycles. The molecule has 31 heavy (non-hydrogen) atoms. The van der Waals surface area contributed by atoms with Crippen LogP contribution in [0.15, 0.2) is 47.1 Å². The Hall–Kier alpha value is -3.40. The fourth-order valence-electron chi connectivity index (χ4n) is 3.40. The number of ether oxygens (including phenoxy) is 1. The molecule has 10 heteroatoms. The standard InChI is InChI=1S/C21H23N5O4S/c1-29-16-8-6-15(7-9-16)23-18(27)20-25-24-19(31-20)14-4-2-10-26(13-14)21(28)22-12-17-5-3-11-30-17/h3,5-9,11,14H,2,4,10,12-13H2,1H3,(H,22,28)(H,23,27)/t14-/m0/s1. The van der Waals surface area contributed by atoms with Gasteiger partial charge in [-0.2, -0.15) is 0 Å². The van der Waals surface area contributed by atoms with Crippen molar-refractivity contribution in [1.82, 2.24) is 20.4 Å². The highest BCUT2D eigenvalue weighted by Crippen LogP contribution is 2.29. The topological polar surface area (TPSA) is 110 Å². The summed E-state index contributed by atoms with van der Waals surface area (Å²) >= 11 is 1.27. The van der Waals surface area contributed by atoms with E-state index < -0.39 is 0 Å². The summed E-state index contributed by atoms with van der Waals surface area (Å²) in [6, 6.07) is 10.5. The van der Waals surface area contributed by atoms with E-state index in [4.69, 9.17) is 9.15 Å². The van der Waals surface area contributed by atoms with Crippen LogP contribution in [-0.2, 0) is 6.54 Å². The van der Waals surface area contributed by atoms with Crippen LogP contribution >= 0.6 is 11.3 Å². The number of rotatable bonds is 6. The molecule has 3 aromatic rings. The number of anilines is 1. The molecule has 0 spiro atoms. The van der Waals surface area contributed by atoms with Gasteiger partial charge < -0.3 is 24.7 Å². The van der Waals surface area contributed by atoms with Crippen molar-refractivity contribution < 1.29 is 18.7 Å². The van der Waals surface area contributed by atoms with Crippen LogP contribution in [0.2, 0.25) is 0 Å². The lowest BCUT2D eigenvalue weighted by atomic mass is 9.99. The summed E-state index contributed by atoms with van der Waals surface area (Å²) in [5, 5.41) is 15.0. The maximum atomic E-state index is 12.5. The Balaban J connectivity index is 1.34. The molecule has 3 amide bonds. The van der Waals surface area contributed by atoms with Gasteiger partial charge in [0.2, 0.25) is 5.01 Å². The van der Waals surface area contributed by atoms with Gasteiger partial charge in [0.15, 0.2) is 0 Å². The first kappa shape index (κ1) is 20.9. The summed E-state index contributed by atoms with van der Waals surface area (Å²) in [4.78, 5) is 26.8. The monoisotopic (exact) mass is 441 g/mol. The Kier molecular flexibility index (Phi) is 6.46. The van der Waals surface area contributed by atoms with Crippen LogP contribution < -0.4 is 15.4 Å². The fraction of sp³-hybridized carbons (Fsp3) is 0.333. The number of hydrogen-bond donors (Lipinski definition) is 2. The third kappa shape index (κ3) is 5.21. The largest absolute Gasteiger partial charge is 0.497 e. The zero-order valence-corrected chi connectivity index (χ0v) is 17.9. The number of urea groups is 1. The molecule has 1 atom stereocenters. The van der Waals surface area contributed by atoms with E-state index in [0.29, 0.717) is 41.8 Å². The zero-order valence-electron chi connectivity index (χ0n) is 17.0. The number of hydrogen-bond acceptors (Lipinski definition) is 7. The first-order chi connectivity index (χ1) is 15.1. The Morgan fingerprint density at radius 3 is 2.84 bits per heavy atom. The number of carbonyl (C=O) groups is 2. The number of methoxy groups -OCH3 is 1. The predicted molar refractivity (Wildman–Crippen MR) is 115 cm³/mol. The van der Waals surface area contributed by atoms with Crippen LogP contribution in [0.3, 0.4) is 0 Å². The maximum Gasteiger partial charge on any atom is 0.317 e. The summed E-state index contributed by atoms with van der Waals surface area (Å²) in [6.07, 6.45) is 3.35. The molecule has 2 aromatic heterocycles. The van der Waals surface area contributed by atoms with Crippen molar-refractivity contribution in [3.8, 4) is 5.75 Å². The molecule has 4 rings (SSSR count). The van der Waals surface area contributed by atoms with Gasteiger partial charge in [0, 0.05) is 24.7 Å². The molecular weight excluding hydrogens is 418 g/mol. The molecule has 2 N–H and O–H groups in total. The first-order valence-corrected chi connectivity index (χ1v) is 10.8. The summed E-state index contributed by atoms with van der Waals surface area (Å²) < 4.78 is 10.4. The Labute approximate surface area is 183 Å². The highest BCUT2D eigenvalue weighted by Gasteiger charge is 2.28. The van der Waals surface area contributed by atoms with Gasteiger partial charge in [-0.05, 0) is 49.2 Å². The number of piperidine rings is 1. The minimum Gasteiger partial charge on any atom is -0.497 e. The Bertz CT molecular complexity index is 1020. The maximum absolute atomic E-state index is 12.5. The van der Waals surface area contributed by atoms with E-state index in [0.717, 1.165) is 17.8 Å². The number of nitrogens with one attached hydrogen (secondary N) is 2. The van der Waals surface area contributed by atoms with E-state index in [9.17, 15) is 9.59 Å². The van der Waals surface area contributed by atoms with Crippen LogP contribution in [0, 0.1) is 0 Å². The first-order valence-electron chi connectivity index (χ1n) is 9.96.